The molecule has 0 spiro atoms. The van der Waals surface area contributed by atoms with Crippen molar-refractivity contribution >= 4 is 0 Å². The number of hydrogen-bond acceptors (Lipinski definition) is 1. The van der Waals surface area contributed by atoms with Crippen molar-refractivity contribution in [2.45, 2.75) is 25.7 Å². The van der Waals surface area contributed by atoms with Crippen molar-refractivity contribution < 1.29 is 0 Å². The highest BCUT2D eigenvalue weighted by atomic mass is 14.9. The van der Waals surface area contributed by atoms with Gasteiger partial charge in [0.2, 0.25) is 0 Å². The molecule has 0 bridgehead atoms. The summed E-state index contributed by atoms with van der Waals surface area (Å²) in [6, 6.07) is 9.09. The van der Waals surface area contributed by atoms with Gasteiger partial charge in [0.15, 0.2) is 0 Å². The van der Waals surface area contributed by atoms with E-state index in [4.69, 9.17) is 0 Å². The van der Waals surface area contributed by atoms with Gasteiger partial charge in [-0.25, -0.2) is 0 Å². The zero-order chi connectivity index (χ0) is 9.10. The Bertz CT molecular complexity index is 257. The summed E-state index contributed by atoms with van der Waals surface area (Å²) in [4.78, 5) is 0. The third-order valence-corrected chi connectivity index (χ3v) is 2.92. The van der Waals surface area contributed by atoms with Gasteiger partial charge in [0.1, 0.15) is 0 Å². The van der Waals surface area contributed by atoms with Crippen LogP contribution in [0.2, 0.25) is 0 Å². The maximum absolute atomic E-state index is 3.40. The van der Waals surface area contributed by atoms with Gasteiger partial charge in [-0.2, -0.15) is 0 Å². The second-order valence-electron chi connectivity index (χ2n) is 3.78. The molecule has 1 fully saturated rings. The molecule has 13 heavy (non-hydrogen) atoms. The van der Waals surface area contributed by atoms with Crippen LogP contribution < -0.4 is 5.32 Å². The van der Waals surface area contributed by atoms with Gasteiger partial charge < -0.3 is 5.32 Å². The van der Waals surface area contributed by atoms with E-state index in [0.717, 1.165) is 18.9 Å². The van der Waals surface area contributed by atoms with Crippen LogP contribution in [0, 0.1) is 0 Å². The number of aryl methyl sites for hydroxylation is 1. The van der Waals surface area contributed by atoms with Gasteiger partial charge in [0, 0.05) is 6.54 Å². The zero-order valence-corrected chi connectivity index (χ0v) is 8.22. The molecular weight excluding hydrogens is 158 g/mol. The van der Waals surface area contributed by atoms with Crippen LogP contribution in [0.1, 0.15) is 30.4 Å². The second kappa shape index (κ2) is 3.93. The standard InChI is InChI=1S/C12H17N/c1-2-10-3-5-11(6-4-10)12-7-8-13-9-12/h3-6,12-13H,2,7-9H2,1H3. The van der Waals surface area contributed by atoms with E-state index in [2.05, 4.69) is 36.5 Å². The van der Waals surface area contributed by atoms with Gasteiger partial charge in [-0.1, -0.05) is 31.2 Å². The smallest absolute Gasteiger partial charge is 0.00206 e. The molecule has 1 saturated heterocycles. The third kappa shape index (κ3) is 1.92. The van der Waals surface area contributed by atoms with Gasteiger partial charge >= 0.3 is 0 Å². The van der Waals surface area contributed by atoms with Gasteiger partial charge in [-0.15, -0.1) is 0 Å². The minimum absolute atomic E-state index is 0.755. The van der Waals surface area contributed by atoms with E-state index in [1.807, 2.05) is 0 Å². The van der Waals surface area contributed by atoms with Crippen LogP contribution >= 0.6 is 0 Å². The van der Waals surface area contributed by atoms with Crippen molar-refractivity contribution in [3.8, 4) is 0 Å². The predicted molar refractivity (Wildman–Crippen MR) is 56.0 cm³/mol. The van der Waals surface area contributed by atoms with Crippen molar-refractivity contribution in [2.75, 3.05) is 13.1 Å². The first-order chi connectivity index (χ1) is 6.40. The number of benzene rings is 1. The molecule has 1 nitrogen and oxygen atoms in total. The van der Waals surface area contributed by atoms with Crippen molar-refractivity contribution in [2.24, 2.45) is 0 Å². The molecule has 1 atom stereocenters. The summed E-state index contributed by atoms with van der Waals surface area (Å²) in [5, 5.41) is 3.40. The van der Waals surface area contributed by atoms with Gasteiger partial charge in [0.05, 0.1) is 0 Å². The predicted octanol–water partition coefficient (Wildman–Crippen LogP) is 2.33. The molecule has 0 aromatic heterocycles. The lowest BCUT2D eigenvalue weighted by molar-refractivity contribution is 0.763. The molecule has 1 heterocycles. The number of nitrogens with one attached hydrogen (secondary N) is 1. The van der Waals surface area contributed by atoms with Gasteiger partial charge in [0.25, 0.3) is 0 Å². The summed E-state index contributed by atoms with van der Waals surface area (Å²) < 4.78 is 0. The molecule has 1 N–H and O–H groups in total. The Kier molecular flexibility index (Phi) is 2.65. The molecule has 0 aliphatic carbocycles. The highest BCUT2D eigenvalue weighted by Crippen LogP contribution is 2.22. The SMILES string of the molecule is CCc1ccc(C2CCNC2)cc1. The molecule has 1 aromatic rings. The van der Waals surface area contributed by atoms with Crippen molar-refractivity contribution in [1.82, 2.24) is 5.32 Å². The second-order valence-corrected chi connectivity index (χ2v) is 3.78. The summed E-state index contributed by atoms with van der Waals surface area (Å²) >= 11 is 0. The van der Waals surface area contributed by atoms with Crippen molar-refractivity contribution in [1.29, 1.82) is 0 Å². The zero-order valence-electron chi connectivity index (χ0n) is 8.22. The first-order valence-corrected chi connectivity index (χ1v) is 5.19. The largest absolute Gasteiger partial charge is 0.316 e. The summed E-state index contributed by atoms with van der Waals surface area (Å²) in [7, 11) is 0. The molecule has 1 heteroatoms. The minimum atomic E-state index is 0.755. The average molecular weight is 175 g/mol. The van der Waals surface area contributed by atoms with Crippen molar-refractivity contribution in [3.05, 3.63) is 35.4 Å². The lowest BCUT2D eigenvalue weighted by Crippen LogP contribution is -2.07. The van der Waals surface area contributed by atoms with E-state index < -0.39 is 0 Å². The van der Waals surface area contributed by atoms with Crippen molar-refractivity contribution in [3.63, 3.8) is 0 Å². The molecule has 1 aliphatic heterocycles. The van der Waals surface area contributed by atoms with E-state index >= 15 is 0 Å². The highest BCUT2D eigenvalue weighted by molar-refractivity contribution is 5.26. The van der Waals surface area contributed by atoms with Crippen LogP contribution in [0.25, 0.3) is 0 Å². The first kappa shape index (κ1) is 8.76. The first-order valence-electron chi connectivity index (χ1n) is 5.19. The van der Waals surface area contributed by atoms with E-state index in [1.165, 1.54) is 24.1 Å². The third-order valence-electron chi connectivity index (χ3n) is 2.92. The minimum Gasteiger partial charge on any atom is -0.316 e. The van der Waals surface area contributed by atoms with E-state index in [9.17, 15) is 0 Å². The Hall–Kier alpha value is -0.820. The van der Waals surface area contributed by atoms with E-state index in [-0.39, 0.29) is 0 Å². The lowest BCUT2D eigenvalue weighted by atomic mass is 9.97. The maximum atomic E-state index is 3.40. The summed E-state index contributed by atoms with van der Waals surface area (Å²) in [5.74, 6) is 0.755. The highest BCUT2D eigenvalue weighted by Gasteiger charge is 2.15. The summed E-state index contributed by atoms with van der Waals surface area (Å²) in [5.41, 5.74) is 2.94. The molecule has 1 aliphatic rings. The Morgan fingerprint density at radius 3 is 2.62 bits per heavy atom. The average Bonchev–Trinajstić information content (AvgIpc) is 2.71. The molecule has 2 rings (SSSR count). The van der Waals surface area contributed by atoms with E-state index in [1.54, 1.807) is 0 Å². The van der Waals surface area contributed by atoms with Gasteiger partial charge in [-0.05, 0) is 36.4 Å². The Morgan fingerprint density at radius 1 is 1.31 bits per heavy atom. The Morgan fingerprint density at radius 2 is 2.08 bits per heavy atom. The molecule has 1 aromatic carbocycles. The molecular formula is C12H17N. The fourth-order valence-electron chi connectivity index (χ4n) is 1.96. The van der Waals surface area contributed by atoms with Crippen LogP contribution in [-0.2, 0) is 6.42 Å². The molecule has 1 unspecified atom stereocenters. The maximum Gasteiger partial charge on any atom is 0.00206 e. The molecule has 70 valence electrons. The summed E-state index contributed by atoms with van der Waals surface area (Å²) in [6.45, 7) is 4.54. The Balaban J connectivity index is 2.12. The monoisotopic (exact) mass is 175 g/mol. The Labute approximate surface area is 80.2 Å². The quantitative estimate of drug-likeness (QED) is 0.727. The molecule has 0 radical (unpaired) electrons. The van der Waals surface area contributed by atoms with Crippen LogP contribution in [-0.4, -0.2) is 13.1 Å². The fraction of sp³-hybridized carbons (Fsp3) is 0.500. The fourth-order valence-corrected chi connectivity index (χ4v) is 1.96. The van der Waals surface area contributed by atoms with Crippen LogP contribution in [0.4, 0.5) is 0 Å². The molecule has 0 amide bonds. The lowest BCUT2D eigenvalue weighted by Gasteiger charge is -2.08. The molecule has 0 saturated carbocycles. The topological polar surface area (TPSA) is 12.0 Å². The number of hydrogen-bond donors (Lipinski definition) is 1. The number of rotatable bonds is 2. The van der Waals surface area contributed by atoms with E-state index in [0.29, 0.717) is 0 Å². The van der Waals surface area contributed by atoms with Crippen LogP contribution in [0.5, 0.6) is 0 Å². The van der Waals surface area contributed by atoms with Crippen LogP contribution in [0.3, 0.4) is 0 Å². The van der Waals surface area contributed by atoms with Gasteiger partial charge in [-0.3, -0.25) is 0 Å². The van der Waals surface area contributed by atoms with Crippen LogP contribution in [0.15, 0.2) is 24.3 Å². The normalized spacial score (nSPS) is 22.1. The summed E-state index contributed by atoms with van der Waals surface area (Å²) in [6.07, 6.45) is 2.44.